The van der Waals surface area contributed by atoms with Gasteiger partial charge in [0.25, 0.3) is 0 Å². The second-order valence-corrected chi connectivity index (χ2v) is 4.25. The molecule has 1 aromatic carbocycles. The minimum absolute atomic E-state index is 0.210. The lowest BCUT2D eigenvalue weighted by Gasteiger charge is -2.24. The third-order valence-electron chi connectivity index (χ3n) is 3.14. The van der Waals surface area contributed by atoms with Crippen LogP contribution in [0.3, 0.4) is 0 Å². The van der Waals surface area contributed by atoms with Crippen molar-refractivity contribution in [3.05, 3.63) is 30.6 Å². The summed E-state index contributed by atoms with van der Waals surface area (Å²) in [5.41, 5.74) is 7.88. The van der Waals surface area contributed by atoms with Crippen LogP contribution < -0.4 is 10.6 Å². The Balaban J connectivity index is 2.46. The van der Waals surface area contributed by atoms with Gasteiger partial charge in [0, 0.05) is 54.2 Å². The summed E-state index contributed by atoms with van der Waals surface area (Å²) in [5, 5.41) is 11.1. The van der Waals surface area contributed by atoms with E-state index in [1.807, 2.05) is 24.4 Å². The van der Waals surface area contributed by atoms with Crippen molar-refractivity contribution >= 4 is 22.1 Å². The molecule has 0 aliphatic heterocycles. The summed E-state index contributed by atoms with van der Waals surface area (Å²) in [6.45, 7) is 4.05. The second-order valence-electron chi connectivity index (χ2n) is 4.25. The van der Waals surface area contributed by atoms with Crippen LogP contribution in [-0.4, -0.2) is 29.8 Å². The normalized spacial score (nSPS) is 10.8. The van der Waals surface area contributed by atoms with E-state index in [-0.39, 0.29) is 6.61 Å². The average Bonchev–Trinajstić information content (AvgIpc) is 2.42. The van der Waals surface area contributed by atoms with Crippen molar-refractivity contribution in [2.75, 3.05) is 30.3 Å². The molecule has 1 heterocycles. The van der Waals surface area contributed by atoms with Gasteiger partial charge in [-0.2, -0.15) is 0 Å². The van der Waals surface area contributed by atoms with E-state index in [0.29, 0.717) is 0 Å². The zero-order valence-corrected chi connectivity index (χ0v) is 10.6. The Hall–Kier alpha value is -1.81. The lowest BCUT2D eigenvalue weighted by atomic mass is 10.1. The second kappa shape index (κ2) is 5.69. The number of fused-ring (bicyclic) bond motifs is 1. The summed E-state index contributed by atoms with van der Waals surface area (Å²) in [5.74, 6) is 0. The first-order valence-electron chi connectivity index (χ1n) is 6.26. The molecule has 0 unspecified atom stereocenters. The molecule has 2 aromatic rings. The molecule has 4 heteroatoms. The summed E-state index contributed by atoms with van der Waals surface area (Å²) in [6, 6.07) is 5.90. The minimum atomic E-state index is 0.210. The van der Waals surface area contributed by atoms with Crippen LogP contribution in [0.2, 0.25) is 0 Å². The largest absolute Gasteiger partial charge is 0.398 e. The fourth-order valence-electron chi connectivity index (χ4n) is 2.18. The maximum atomic E-state index is 8.96. The van der Waals surface area contributed by atoms with Gasteiger partial charge in [0.15, 0.2) is 0 Å². The lowest BCUT2D eigenvalue weighted by Crippen LogP contribution is -2.24. The Bertz CT molecular complexity index is 527. The Labute approximate surface area is 107 Å². The molecule has 0 aliphatic rings. The molecule has 0 spiro atoms. The minimum Gasteiger partial charge on any atom is -0.398 e. The van der Waals surface area contributed by atoms with Crippen molar-refractivity contribution in [2.45, 2.75) is 13.3 Å². The lowest BCUT2D eigenvalue weighted by molar-refractivity contribution is 0.289. The SMILES string of the molecule is CCN(CCCO)c1ccc(N)c2ccncc12. The number of aliphatic hydroxyl groups excluding tert-OH is 1. The maximum Gasteiger partial charge on any atom is 0.0462 e. The molecule has 0 amide bonds. The molecule has 2 rings (SSSR count). The van der Waals surface area contributed by atoms with E-state index in [0.717, 1.165) is 41.7 Å². The molecule has 0 aliphatic carbocycles. The van der Waals surface area contributed by atoms with Gasteiger partial charge in [0.1, 0.15) is 0 Å². The maximum absolute atomic E-state index is 8.96. The molecule has 0 saturated heterocycles. The molecule has 0 bridgehead atoms. The number of hydrogen-bond acceptors (Lipinski definition) is 4. The van der Waals surface area contributed by atoms with Crippen molar-refractivity contribution in [3.8, 4) is 0 Å². The summed E-state index contributed by atoms with van der Waals surface area (Å²) in [7, 11) is 0. The van der Waals surface area contributed by atoms with Gasteiger partial charge in [-0.05, 0) is 31.5 Å². The molecule has 0 atom stereocenters. The molecular formula is C14H19N3O. The number of nitrogens with zero attached hydrogens (tertiary/aromatic N) is 2. The number of rotatable bonds is 5. The van der Waals surface area contributed by atoms with E-state index in [1.54, 1.807) is 6.20 Å². The van der Waals surface area contributed by atoms with Crippen molar-refractivity contribution in [1.82, 2.24) is 4.98 Å². The topological polar surface area (TPSA) is 62.4 Å². The standard InChI is InChI=1S/C14H19N3O/c1-2-17(8-3-9-18)14-5-4-13(15)11-6-7-16-10-12(11)14/h4-7,10,18H,2-3,8-9,15H2,1H3. The van der Waals surface area contributed by atoms with E-state index in [1.165, 1.54) is 0 Å². The smallest absolute Gasteiger partial charge is 0.0462 e. The third kappa shape index (κ3) is 2.38. The number of hydrogen-bond donors (Lipinski definition) is 2. The van der Waals surface area contributed by atoms with Gasteiger partial charge in [-0.3, -0.25) is 4.98 Å². The van der Waals surface area contributed by atoms with Gasteiger partial charge in [0.2, 0.25) is 0 Å². The summed E-state index contributed by atoms with van der Waals surface area (Å²) in [4.78, 5) is 6.42. The molecule has 18 heavy (non-hydrogen) atoms. The van der Waals surface area contributed by atoms with E-state index < -0.39 is 0 Å². The first-order valence-corrected chi connectivity index (χ1v) is 6.26. The van der Waals surface area contributed by atoms with Crippen LogP contribution in [-0.2, 0) is 0 Å². The van der Waals surface area contributed by atoms with Crippen molar-refractivity contribution in [3.63, 3.8) is 0 Å². The van der Waals surface area contributed by atoms with E-state index >= 15 is 0 Å². The van der Waals surface area contributed by atoms with Crippen molar-refractivity contribution in [1.29, 1.82) is 0 Å². The molecule has 0 fully saturated rings. The highest BCUT2D eigenvalue weighted by atomic mass is 16.3. The Morgan fingerprint density at radius 3 is 2.83 bits per heavy atom. The predicted octanol–water partition coefficient (Wildman–Crippen LogP) is 2.03. The number of aliphatic hydroxyl groups is 1. The molecule has 96 valence electrons. The fraction of sp³-hybridized carbons (Fsp3) is 0.357. The zero-order chi connectivity index (χ0) is 13.0. The van der Waals surface area contributed by atoms with E-state index in [2.05, 4.69) is 16.8 Å². The first kappa shape index (κ1) is 12.6. The van der Waals surface area contributed by atoms with Crippen LogP contribution in [0.15, 0.2) is 30.6 Å². The third-order valence-corrected chi connectivity index (χ3v) is 3.14. The molecule has 0 saturated carbocycles. The molecule has 3 N–H and O–H groups in total. The summed E-state index contributed by atoms with van der Waals surface area (Å²) >= 11 is 0. The van der Waals surface area contributed by atoms with Gasteiger partial charge >= 0.3 is 0 Å². The summed E-state index contributed by atoms with van der Waals surface area (Å²) < 4.78 is 0. The highest BCUT2D eigenvalue weighted by molar-refractivity contribution is 6.00. The Morgan fingerprint density at radius 2 is 2.11 bits per heavy atom. The number of pyridine rings is 1. The van der Waals surface area contributed by atoms with Crippen LogP contribution in [0.25, 0.3) is 10.8 Å². The Morgan fingerprint density at radius 1 is 1.28 bits per heavy atom. The van der Waals surface area contributed by atoms with Crippen LogP contribution in [0.1, 0.15) is 13.3 Å². The van der Waals surface area contributed by atoms with Crippen LogP contribution in [0.5, 0.6) is 0 Å². The number of benzene rings is 1. The highest BCUT2D eigenvalue weighted by Crippen LogP contribution is 2.30. The van der Waals surface area contributed by atoms with Gasteiger partial charge < -0.3 is 15.7 Å². The molecule has 1 aromatic heterocycles. The van der Waals surface area contributed by atoms with Crippen molar-refractivity contribution < 1.29 is 5.11 Å². The van der Waals surface area contributed by atoms with Crippen molar-refractivity contribution in [2.24, 2.45) is 0 Å². The highest BCUT2D eigenvalue weighted by Gasteiger charge is 2.09. The van der Waals surface area contributed by atoms with Gasteiger partial charge in [-0.15, -0.1) is 0 Å². The quantitative estimate of drug-likeness (QED) is 0.791. The van der Waals surface area contributed by atoms with Gasteiger partial charge in [0.05, 0.1) is 0 Å². The monoisotopic (exact) mass is 245 g/mol. The van der Waals surface area contributed by atoms with Crippen LogP contribution in [0, 0.1) is 0 Å². The number of anilines is 2. The summed E-state index contributed by atoms with van der Waals surface area (Å²) in [6.07, 6.45) is 4.37. The van der Waals surface area contributed by atoms with Gasteiger partial charge in [-0.1, -0.05) is 0 Å². The number of aromatic nitrogens is 1. The molecule has 4 nitrogen and oxygen atoms in total. The predicted molar refractivity (Wildman–Crippen MR) is 75.7 cm³/mol. The number of nitrogens with two attached hydrogens (primary N) is 1. The van der Waals surface area contributed by atoms with E-state index in [4.69, 9.17) is 10.8 Å². The van der Waals surface area contributed by atoms with Gasteiger partial charge in [-0.25, -0.2) is 0 Å². The van der Waals surface area contributed by atoms with Crippen LogP contribution >= 0.6 is 0 Å². The zero-order valence-electron chi connectivity index (χ0n) is 10.6. The molecule has 0 radical (unpaired) electrons. The molecular weight excluding hydrogens is 226 g/mol. The fourth-order valence-corrected chi connectivity index (χ4v) is 2.18. The number of nitrogen functional groups attached to an aromatic ring is 1. The first-order chi connectivity index (χ1) is 8.77. The van der Waals surface area contributed by atoms with Crippen LogP contribution in [0.4, 0.5) is 11.4 Å². The van der Waals surface area contributed by atoms with E-state index in [9.17, 15) is 0 Å². The average molecular weight is 245 g/mol. The Kier molecular flexibility index (Phi) is 3.99.